The molecular formula is C19H25N5O2. The van der Waals surface area contributed by atoms with Crippen LogP contribution in [0.15, 0.2) is 42.7 Å². The molecular weight excluding hydrogens is 330 g/mol. The number of aromatic nitrogens is 2. The van der Waals surface area contributed by atoms with Crippen molar-refractivity contribution in [3.05, 3.63) is 48.3 Å². The van der Waals surface area contributed by atoms with E-state index in [0.29, 0.717) is 30.6 Å². The Bertz CT molecular complexity index is 734. The smallest absolute Gasteiger partial charge is 0.252 e. The Morgan fingerprint density at radius 1 is 1.23 bits per heavy atom. The van der Waals surface area contributed by atoms with Crippen molar-refractivity contribution in [2.75, 3.05) is 25.0 Å². The fraction of sp³-hybridized carbons (Fsp3) is 0.421. The van der Waals surface area contributed by atoms with Gasteiger partial charge < -0.3 is 16.0 Å². The Morgan fingerprint density at radius 2 is 1.96 bits per heavy atom. The number of rotatable bonds is 6. The Kier molecular flexibility index (Phi) is 5.68. The molecule has 0 spiro atoms. The molecule has 3 N–H and O–H groups in total. The highest BCUT2D eigenvalue weighted by Gasteiger charge is 2.42. The summed E-state index contributed by atoms with van der Waals surface area (Å²) in [7, 11) is 0. The molecule has 0 atom stereocenters. The lowest BCUT2D eigenvalue weighted by atomic mass is 9.87. The van der Waals surface area contributed by atoms with E-state index in [1.54, 1.807) is 35.1 Å². The van der Waals surface area contributed by atoms with Crippen LogP contribution in [0.25, 0.3) is 0 Å². The van der Waals surface area contributed by atoms with E-state index in [9.17, 15) is 9.59 Å². The summed E-state index contributed by atoms with van der Waals surface area (Å²) in [5.74, 6) is -0.179. The zero-order chi connectivity index (χ0) is 18.4. The number of carbonyl (C=O) groups is 2. The first-order valence-electron chi connectivity index (χ1n) is 9.06. The van der Waals surface area contributed by atoms with E-state index >= 15 is 0 Å². The minimum absolute atomic E-state index is 0.0779. The summed E-state index contributed by atoms with van der Waals surface area (Å²) >= 11 is 0. The molecule has 1 aromatic carbocycles. The van der Waals surface area contributed by atoms with Crippen LogP contribution in [0, 0.1) is 0 Å². The molecule has 0 aliphatic carbocycles. The van der Waals surface area contributed by atoms with Crippen LogP contribution in [0.1, 0.15) is 36.5 Å². The molecule has 7 heteroatoms. The molecule has 1 saturated heterocycles. The molecule has 1 aliphatic rings. The van der Waals surface area contributed by atoms with E-state index in [4.69, 9.17) is 0 Å². The van der Waals surface area contributed by atoms with E-state index < -0.39 is 5.54 Å². The number of hydrogen-bond donors (Lipinski definition) is 3. The SMILES string of the molecule is CCCNC(=O)c1ccc(NC(=O)C2(n3cccn3)CCNCC2)cc1. The average molecular weight is 355 g/mol. The van der Waals surface area contributed by atoms with E-state index in [1.807, 2.05) is 19.2 Å². The summed E-state index contributed by atoms with van der Waals surface area (Å²) in [5.41, 5.74) is 0.568. The number of amides is 2. The molecule has 2 aromatic rings. The van der Waals surface area contributed by atoms with Crippen molar-refractivity contribution in [1.29, 1.82) is 0 Å². The number of nitrogens with one attached hydrogen (secondary N) is 3. The fourth-order valence-corrected chi connectivity index (χ4v) is 3.22. The summed E-state index contributed by atoms with van der Waals surface area (Å²) in [6.45, 7) is 4.19. The monoisotopic (exact) mass is 355 g/mol. The van der Waals surface area contributed by atoms with Gasteiger partial charge in [0.15, 0.2) is 0 Å². The van der Waals surface area contributed by atoms with E-state index in [-0.39, 0.29) is 11.8 Å². The third kappa shape index (κ3) is 3.77. The topological polar surface area (TPSA) is 88.1 Å². The first-order chi connectivity index (χ1) is 12.7. The fourth-order valence-electron chi connectivity index (χ4n) is 3.22. The van der Waals surface area contributed by atoms with Gasteiger partial charge in [-0.3, -0.25) is 14.3 Å². The van der Waals surface area contributed by atoms with Crippen LogP contribution >= 0.6 is 0 Å². The molecule has 138 valence electrons. The van der Waals surface area contributed by atoms with Crippen LogP contribution in [-0.2, 0) is 10.3 Å². The Morgan fingerprint density at radius 3 is 2.58 bits per heavy atom. The van der Waals surface area contributed by atoms with Gasteiger partial charge in [-0.15, -0.1) is 0 Å². The molecule has 0 radical (unpaired) electrons. The number of carbonyl (C=O) groups excluding carboxylic acids is 2. The lowest BCUT2D eigenvalue weighted by molar-refractivity contribution is -0.126. The lowest BCUT2D eigenvalue weighted by Crippen LogP contribution is -2.52. The van der Waals surface area contributed by atoms with Crippen LogP contribution in [0.2, 0.25) is 0 Å². The molecule has 26 heavy (non-hydrogen) atoms. The molecule has 0 saturated carbocycles. The maximum absolute atomic E-state index is 13.1. The van der Waals surface area contributed by atoms with Gasteiger partial charge in [0, 0.05) is 30.2 Å². The molecule has 1 aromatic heterocycles. The third-order valence-corrected chi connectivity index (χ3v) is 4.74. The van der Waals surface area contributed by atoms with Gasteiger partial charge >= 0.3 is 0 Å². The van der Waals surface area contributed by atoms with Crippen molar-refractivity contribution in [3.63, 3.8) is 0 Å². The second-order valence-electron chi connectivity index (χ2n) is 6.52. The van der Waals surface area contributed by atoms with Crippen molar-refractivity contribution < 1.29 is 9.59 Å². The first kappa shape index (κ1) is 18.1. The van der Waals surface area contributed by atoms with E-state index in [2.05, 4.69) is 21.0 Å². The molecule has 0 unspecified atom stereocenters. The molecule has 3 rings (SSSR count). The highest BCUT2D eigenvalue weighted by molar-refractivity contribution is 5.98. The van der Waals surface area contributed by atoms with Crippen LogP contribution in [-0.4, -0.2) is 41.2 Å². The maximum Gasteiger partial charge on any atom is 0.252 e. The highest BCUT2D eigenvalue weighted by Crippen LogP contribution is 2.28. The van der Waals surface area contributed by atoms with Crippen molar-refractivity contribution in [2.24, 2.45) is 0 Å². The summed E-state index contributed by atoms with van der Waals surface area (Å²) in [6.07, 6.45) is 5.78. The molecule has 2 heterocycles. The summed E-state index contributed by atoms with van der Waals surface area (Å²) in [6, 6.07) is 8.81. The highest BCUT2D eigenvalue weighted by atomic mass is 16.2. The molecule has 0 bridgehead atoms. The van der Waals surface area contributed by atoms with E-state index in [1.165, 1.54) is 0 Å². The van der Waals surface area contributed by atoms with Crippen LogP contribution in [0.5, 0.6) is 0 Å². The second kappa shape index (κ2) is 8.14. The van der Waals surface area contributed by atoms with Crippen molar-refractivity contribution in [3.8, 4) is 0 Å². The van der Waals surface area contributed by atoms with Gasteiger partial charge in [-0.1, -0.05) is 6.92 Å². The zero-order valence-electron chi connectivity index (χ0n) is 15.0. The van der Waals surface area contributed by atoms with Crippen LogP contribution in [0.4, 0.5) is 5.69 Å². The summed E-state index contributed by atoms with van der Waals surface area (Å²) in [5, 5.41) is 13.4. The summed E-state index contributed by atoms with van der Waals surface area (Å²) in [4.78, 5) is 25.0. The standard InChI is InChI=1S/C19H25N5O2/c1-2-10-21-17(25)15-4-6-16(7-5-15)23-18(26)19(8-12-20-13-9-19)24-14-3-11-22-24/h3-7,11,14,20H,2,8-10,12-13H2,1H3,(H,21,25)(H,23,26). The number of benzene rings is 1. The molecule has 1 aliphatic heterocycles. The Labute approximate surface area is 153 Å². The Balaban J connectivity index is 1.73. The van der Waals surface area contributed by atoms with Gasteiger partial charge in [-0.2, -0.15) is 5.10 Å². The largest absolute Gasteiger partial charge is 0.352 e. The lowest BCUT2D eigenvalue weighted by Gasteiger charge is -2.36. The number of hydrogen-bond acceptors (Lipinski definition) is 4. The third-order valence-electron chi connectivity index (χ3n) is 4.74. The average Bonchev–Trinajstić information content (AvgIpc) is 3.22. The Hall–Kier alpha value is -2.67. The van der Waals surface area contributed by atoms with Gasteiger partial charge in [-0.25, -0.2) is 0 Å². The zero-order valence-corrected chi connectivity index (χ0v) is 15.0. The quantitative estimate of drug-likeness (QED) is 0.736. The van der Waals surface area contributed by atoms with Crippen molar-refractivity contribution in [2.45, 2.75) is 31.7 Å². The van der Waals surface area contributed by atoms with Crippen molar-refractivity contribution >= 4 is 17.5 Å². The van der Waals surface area contributed by atoms with Gasteiger partial charge in [0.2, 0.25) is 0 Å². The van der Waals surface area contributed by atoms with Gasteiger partial charge in [0.05, 0.1) is 0 Å². The molecule has 1 fully saturated rings. The minimum Gasteiger partial charge on any atom is -0.352 e. The maximum atomic E-state index is 13.1. The number of anilines is 1. The normalized spacial score (nSPS) is 16.0. The summed E-state index contributed by atoms with van der Waals surface area (Å²) < 4.78 is 1.76. The van der Waals surface area contributed by atoms with Gasteiger partial charge in [0.1, 0.15) is 5.54 Å². The predicted octanol–water partition coefficient (Wildman–Crippen LogP) is 1.74. The molecule has 2 amide bonds. The van der Waals surface area contributed by atoms with Gasteiger partial charge in [-0.05, 0) is 62.7 Å². The van der Waals surface area contributed by atoms with E-state index in [0.717, 1.165) is 19.5 Å². The van der Waals surface area contributed by atoms with Crippen LogP contribution in [0.3, 0.4) is 0 Å². The van der Waals surface area contributed by atoms with Crippen LogP contribution < -0.4 is 16.0 Å². The number of nitrogens with zero attached hydrogens (tertiary/aromatic N) is 2. The van der Waals surface area contributed by atoms with Gasteiger partial charge in [0.25, 0.3) is 11.8 Å². The van der Waals surface area contributed by atoms with Crippen molar-refractivity contribution in [1.82, 2.24) is 20.4 Å². The second-order valence-corrected chi connectivity index (χ2v) is 6.52. The minimum atomic E-state index is -0.689. The number of piperidine rings is 1. The predicted molar refractivity (Wildman–Crippen MR) is 100 cm³/mol. The first-order valence-corrected chi connectivity index (χ1v) is 9.06. The molecule has 7 nitrogen and oxygen atoms in total.